The molecule has 0 bridgehead atoms. The van der Waals surface area contributed by atoms with E-state index in [1.807, 2.05) is 6.92 Å². The molecule has 2 N–H and O–H groups in total. The van der Waals surface area contributed by atoms with Crippen LogP contribution in [0.2, 0.25) is 0 Å². The predicted octanol–water partition coefficient (Wildman–Crippen LogP) is 1.17. The summed E-state index contributed by atoms with van der Waals surface area (Å²) in [6, 6.07) is 1.63. The van der Waals surface area contributed by atoms with Gasteiger partial charge in [0.2, 0.25) is 0 Å². The maximum Gasteiger partial charge on any atom is 0.324 e. The number of hydrogen-bond acceptors (Lipinski definition) is 3. The van der Waals surface area contributed by atoms with E-state index in [-0.39, 0.29) is 6.03 Å². The highest BCUT2D eigenvalue weighted by Crippen LogP contribution is 2.20. The van der Waals surface area contributed by atoms with Crippen molar-refractivity contribution >= 4 is 17.4 Å². The molecule has 2 amide bonds. The number of carbonyl (C=O) groups is 1. The topological polar surface area (TPSA) is 62.5 Å². The summed E-state index contributed by atoms with van der Waals surface area (Å²) < 4.78 is 0. The van der Waals surface area contributed by atoms with Gasteiger partial charge in [0.25, 0.3) is 0 Å². The molecule has 0 saturated carbocycles. The fourth-order valence-corrected chi connectivity index (χ4v) is 1.20. The van der Waals surface area contributed by atoms with E-state index in [4.69, 9.17) is 5.73 Å². The van der Waals surface area contributed by atoms with E-state index in [9.17, 15) is 4.79 Å². The van der Waals surface area contributed by atoms with Gasteiger partial charge in [0.1, 0.15) is 0 Å². The van der Waals surface area contributed by atoms with Gasteiger partial charge in [-0.2, -0.15) is 0 Å². The van der Waals surface area contributed by atoms with Crippen LogP contribution in [-0.2, 0) is 0 Å². The predicted molar refractivity (Wildman–Crippen MR) is 60.8 cm³/mol. The molecule has 0 unspecified atom stereocenters. The minimum absolute atomic E-state index is 0.0876. The van der Waals surface area contributed by atoms with Crippen LogP contribution in [-0.4, -0.2) is 36.6 Å². The molecule has 1 aromatic rings. The van der Waals surface area contributed by atoms with E-state index in [2.05, 4.69) is 4.98 Å². The molecular weight excluding hydrogens is 192 g/mol. The molecule has 0 spiro atoms. The third kappa shape index (κ3) is 2.37. The van der Waals surface area contributed by atoms with Crippen molar-refractivity contribution < 1.29 is 4.79 Å². The lowest BCUT2D eigenvalue weighted by Gasteiger charge is -2.24. The number of nitrogens with two attached hydrogens (primary N) is 1. The van der Waals surface area contributed by atoms with Crippen LogP contribution >= 0.6 is 0 Å². The summed E-state index contributed by atoms with van der Waals surface area (Å²) in [5.41, 5.74) is 6.90. The Morgan fingerprint density at radius 1 is 1.53 bits per heavy atom. The SMILES string of the molecule is CCN(C)C(=O)N(C)c1ccncc1N. The number of amides is 2. The van der Waals surface area contributed by atoms with Crippen LogP contribution in [0.15, 0.2) is 18.5 Å². The minimum atomic E-state index is -0.0876. The molecule has 1 rings (SSSR count). The molecule has 82 valence electrons. The highest BCUT2D eigenvalue weighted by Gasteiger charge is 2.15. The molecule has 1 heterocycles. The van der Waals surface area contributed by atoms with Gasteiger partial charge in [0, 0.05) is 26.8 Å². The van der Waals surface area contributed by atoms with Crippen molar-refractivity contribution in [1.29, 1.82) is 0 Å². The Bertz CT molecular complexity index is 353. The fourth-order valence-electron chi connectivity index (χ4n) is 1.20. The first-order valence-electron chi connectivity index (χ1n) is 4.76. The Morgan fingerprint density at radius 2 is 2.20 bits per heavy atom. The van der Waals surface area contributed by atoms with Crippen LogP contribution in [0.1, 0.15) is 6.92 Å². The van der Waals surface area contributed by atoms with Gasteiger partial charge in [-0.25, -0.2) is 4.79 Å². The van der Waals surface area contributed by atoms with Gasteiger partial charge in [-0.05, 0) is 13.0 Å². The van der Waals surface area contributed by atoms with Gasteiger partial charge in [0.05, 0.1) is 17.6 Å². The quantitative estimate of drug-likeness (QED) is 0.793. The van der Waals surface area contributed by atoms with Gasteiger partial charge >= 0.3 is 6.03 Å². The number of nitrogen functional groups attached to an aromatic ring is 1. The molecule has 0 aliphatic carbocycles. The van der Waals surface area contributed by atoms with Crippen LogP contribution in [0, 0.1) is 0 Å². The molecule has 0 saturated heterocycles. The van der Waals surface area contributed by atoms with E-state index in [1.54, 1.807) is 31.3 Å². The molecule has 15 heavy (non-hydrogen) atoms. The van der Waals surface area contributed by atoms with Crippen LogP contribution < -0.4 is 10.6 Å². The van der Waals surface area contributed by atoms with Crippen molar-refractivity contribution in [3.8, 4) is 0 Å². The number of urea groups is 1. The summed E-state index contributed by atoms with van der Waals surface area (Å²) >= 11 is 0. The van der Waals surface area contributed by atoms with E-state index >= 15 is 0 Å². The van der Waals surface area contributed by atoms with Crippen LogP contribution in [0.4, 0.5) is 16.2 Å². The maximum atomic E-state index is 11.8. The van der Waals surface area contributed by atoms with Crippen LogP contribution in [0.25, 0.3) is 0 Å². The second-order valence-corrected chi connectivity index (χ2v) is 3.29. The van der Waals surface area contributed by atoms with Crippen molar-refractivity contribution in [2.75, 3.05) is 31.3 Å². The first kappa shape index (κ1) is 11.3. The molecule has 0 atom stereocenters. The van der Waals surface area contributed by atoms with Gasteiger partial charge in [-0.3, -0.25) is 9.88 Å². The summed E-state index contributed by atoms with van der Waals surface area (Å²) in [6.07, 6.45) is 3.15. The Kier molecular flexibility index (Phi) is 3.49. The third-order valence-electron chi connectivity index (χ3n) is 2.28. The molecule has 5 nitrogen and oxygen atoms in total. The van der Waals surface area contributed by atoms with E-state index < -0.39 is 0 Å². The summed E-state index contributed by atoms with van der Waals surface area (Å²) in [5.74, 6) is 0. The first-order chi connectivity index (χ1) is 7.07. The Morgan fingerprint density at radius 3 is 2.73 bits per heavy atom. The number of rotatable bonds is 2. The third-order valence-corrected chi connectivity index (χ3v) is 2.28. The summed E-state index contributed by atoms with van der Waals surface area (Å²) in [5, 5.41) is 0. The zero-order chi connectivity index (χ0) is 11.4. The largest absolute Gasteiger partial charge is 0.396 e. The first-order valence-corrected chi connectivity index (χ1v) is 4.76. The molecule has 0 radical (unpaired) electrons. The van der Waals surface area contributed by atoms with Crippen molar-refractivity contribution in [3.63, 3.8) is 0 Å². The highest BCUT2D eigenvalue weighted by atomic mass is 16.2. The lowest BCUT2D eigenvalue weighted by atomic mass is 10.3. The molecule has 0 aliphatic rings. The average Bonchev–Trinajstić information content (AvgIpc) is 2.26. The van der Waals surface area contributed by atoms with E-state index in [0.29, 0.717) is 17.9 Å². The normalized spacial score (nSPS) is 9.80. The lowest BCUT2D eigenvalue weighted by molar-refractivity contribution is 0.219. The lowest BCUT2D eigenvalue weighted by Crippen LogP contribution is -2.38. The summed E-state index contributed by atoms with van der Waals surface area (Å²) in [4.78, 5) is 18.8. The molecule has 0 aromatic carbocycles. The number of pyridine rings is 1. The number of carbonyl (C=O) groups excluding carboxylic acids is 1. The van der Waals surface area contributed by atoms with E-state index in [1.165, 1.54) is 11.1 Å². The van der Waals surface area contributed by atoms with Gasteiger partial charge < -0.3 is 10.6 Å². The fraction of sp³-hybridized carbons (Fsp3) is 0.400. The van der Waals surface area contributed by atoms with Crippen LogP contribution in [0.3, 0.4) is 0 Å². The van der Waals surface area contributed by atoms with Crippen molar-refractivity contribution in [2.45, 2.75) is 6.92 Å². The van der Waals surface area contributed by atoms with Gasteiger partial charge in [-0.1, -0.05) is 0 Å². The standard InChI is InChI=1S/C10H16N4O/c1-4-13(2)10(15)14(3)9-5-6-12-7-8(9)11/h5-7H,4,11H2,1-3H3. The van der Waals surface area contributed by atoms with Crippen molar-refractivity contribution in [1.82, 2.24) is 9.88 Å². The highest BCUT2D eigenvalue weighted by molar-refractivity contribution is 5.94. The average molecular weight is 208 g/mol. The second-order valence-electron chi connectivity index (χ2n) is 3.29. The smallest absolute Gasteiger partial charge is 0.324 e. The van der Waals surface area contributed by atoms with Crippen molar-refractivity contribution in [3.05, 3.63) is 18.5 Å². The second kappa shape index (κ2) is 4.63. The summed E-state index contributed by atoms with van der Waals surface area (Å²) in [6.45, 7) is 2.58. The van der Waals surface area contributed by atoms with E-state index in [0.717, 1.165) is 0 Å². The minimum Gasteiger partial charge on any atom is -0.396 e. The molecular formula is C10H16N4O. The Hall–Kier alpha value is -1.78. The Balaban J connectivity index is 2.90. The van der Waals surface area contributed by atoms with Gasteiger partial charge in [0.15, 0.2) is 0 Å². The zero-order valence-corrected chi connectivity index (χ0v) is 9.27. The Labute approximate surface area is 89.5 Å². The number of aromatic nitrogens is 1. The molecule has 0 aliphatic heterocycles. The summed E-state index contributed by atoms with van der Waals surface area (Å²) in [7, 11) is 3.44. The van der Waals surface area contributed by atoms with Gasteiger partial charge in [-0.15, -0.1) is 0 Å². The maximum absolute atomic E-state index is 11.8. The number of hydrogen-bond donors (Lipinski definition) is 1. The number of nitrogens with zero attached hydrogens (tertiary/aromatic N) is 3. The zero-order valence-electron chi connectivity index (χ0n) is 9.27. The van der Waals surface area contributed by atoms with Crippen LogP contribution in [0.5, 0.6) is 0 Å². The molecule has 5 heteroatoms. The molecule has 0 fully saturated rings. The monoisotopic (exact) mass is 208 g/mol. The number of anilines is 2. The molecule has 1 aromatic heterocycles. The van der Waals surface area contributed by atoms with Crippen molar-refractivity contribution in [2.24, 2.45) is 0 Å².